The summed E-state index contributed by atoms with van der Waals surface area (Å²) in [6.07, 6.45) is 3.33. The third-order valence-corrected chi connectivity index (χ3v) is 5.45. The van der Waals surface area contributed by atoms with E-state index in [1.807, 2.05) is 0 Å². The number of nitrogens with two attached hydrogens (primary N) is 1. The number of methoxy groups -OCH3 is 2. The highest BCUT2D eigenvalue weighted by Crippen LogP contribution is 2.30. The maximum Gasteiger partial charge on any atom is 0.303 e. The monoisotopic (exact) mass is 427 g/mol. The summed E-state index contributed by atoms with van der Waals surface area (Å²) in [5.74, 6) is -0.736. The van der Waals surface area contributed by atoms with Crippen LogP contribution >= 0.6 is 11.6 Å². The first-order valence-electron chi connectivity index (χ1n) is 9.76. The predicted octanol–water partition coefficient (Wildman–Crippen LogP) is 2.39. The van der Waals surface area contributed by atoms with Gasteiger partial charge in [-0.15, -0.1) is 0 Å². The molecule has 1 aliphatic heterocycles. The Balaban J connectivity index is 1.91. The molecule has 0 radical (unpaired) electrons. The van der Waals surface area contributed by atoms with Crippen LogP contribution in [0.3, 0.4) is 0 Å². The Labute approximate surface area is 176 Å². The summed E-state index contributed by atoms with van der Waals surface area (Å²) in [7, 11) is 3.10. The molecule has 2 rings (SSSR count). The molecule has 0 bridgehead atoms. The number of benzene rings is 1. The van der Waals surface area contributed by atoms with E-state index in [0.717, 1.165) is 32.4 Å². The zero-order valence-electron chi connectivity index (χ0n) is 16.9. The van der Waals surface area contributed by atoms with Gasteiger partial charge < -0.3 is 30.5 Å². The van der Waals surface area contributed by atoms with E-state index in [2.05, 4.69) is 10.2 Å². The fourth-order valence-electron chi connectivity index (χ4n) is 3.60. The summed E-state index contributed by atoms with van der Waals surface area (Å²) in [5.41, 5.74) is 6.46. The second kappa shape index (κ2) is 11.2. The molecule has 1 amide bonds. The molecule has 0 aromatic heterocycles. The van der Waals surface area contributed by atoms with Gasteiger partial charge in [0.1, 0.15) is 11.3 Å². The molecule has 0 saturated carbocycles. The molecule has 1 aromatic rings. The number of ether oxygens (including phenoxy) is 2. The van der Waals surface area contributed by atoms with Gasteiger partial charge >= 0.3 is 5.97 Å². The van der Waals surface area contributed by atoms with Gasteiger partial charge in [0.05, 0.1) is 24.3 Å². The molecule has 1 aromatic carbocycles. The molecule has 1 aliphatic rings. The largest absolute Gasteiger partial charge is 0.496 e. The average molecular weight is 428 g/mol. The van der Waals surface area contributed by atoms with Crippen LogP contribution in [0.4, 0.5) is 5.69 Å². The van der Waals surface area contributed by atoms with E-state index in [1.54, 1.807) is 13.2 Å². The number of nitrogens with zero attached hydrogens (tertiary/aromatic N) is 1. The number of hydrogen-bond donors (Lipinski definition) is 3. The Hall–Kier alpha value is -2.03. The number of halogens is 1. The maximum absolute atomic E-state index is 12.8. The van der Waals surface area contributed by atoms with Crippen molar-refractivity contribution in [3.63, 3.8) is 0 Å². The van der Waals surface area contributed by atoms with Gasteiger partial charge in [-0.25, -0.2) is 0 Å². The second-order valence-corrected chi connectivity index (χ2v) is 7.63. The maximum atomic E-state index is 12.8. The first kappa shape index (κ1) is 23.3. The minimum absolute atomic E-state index is 0.144. The number of carbonyl (C=O) groups is 2. The summed E-state index contributed by atoms with van der Waals surface area (Å²) >= 11 is 6.22. The number of nitrogens with one attached hydrogen (secondary N) is 1. The first-order valence-corrected chi connectivity index (χ1v) is 10.1. The number of carbonyl (C=O) groups excluding carboxylic acids is 1. The Morgan fingerprint density at radius 1 is 1.31 bits per heavy atom. The number of anilines is 1. The molecule has 9 heteroatoms. The van der Waals surface area contributed by atoms with Gasteiger partial charge in [0, 0.05) is 38.4 Å². The summed E-state index contributed by atoms with van der Waals surface area (Å²) in [5, 5.41) is 12.0. The first-order chi connectivity index (χ1) is 13.8. The van der Waals surface area contributed by atoms with Crippen molar-refractivity contribution in [2.24, 2.45) is 0 Å². The molecule has 2 atom stereocenters. The van der Waals surface area contributed by atoms with Crippen LogP contribution in [0, 0.1) is 0 Å². The van der Waals surface area contributed by atoms with E-state index in [-0.39, 0.29) is 35.1 Å². The van der Waals surface area contributed by atoms with E-state index >= 15 is 0 Å². The van der Waals surface area contributed by atoms with Crippen LogP contribution in [0.5, 0.6) is 5.75 Å². The zero-order chi connectivity index (χ0) is 21.4. The van der Waals surface area contributed by atoms with E-state index in [9.17, 15) is 9.59 Å². The van der Waals surface area contributed by atoms with Crippen molar-refractivity contribution in [1.29, 1.82) is 0 Å². The van der Waals surface area contributed by atoms with E-state index in [1.165, 1.54) is 13.2 Å². The second-order valence-electron chi connectivity index (χ2n) is 7.23. The number of hydrogen-bond acceptors (Lipinski definition) is 6. The number of rotatable bonds is 10. The molecule has 8 nitrogen and oxygen atoms in total. The lowest BCUT2D eigenvalue weighted by Crippen LogP contribution is -2.54. The van der Waals surface area contributed by atoms with Gasteiger partial charge in [-0.05, 0) is 31.9 Å². The van der Waals surface area contributed by atoms with Gasteiger partial charge in [0.25, 0.3) is 5.91 Å². The highest BCUT2D eigenvalue weighted by atomic mass is 35.5. The number of carboxylic acids is 1. The van der Waals surface area contributed by atoms with E-state index in [0.29, 0.717) is 24.4 Å². The van der Waals surface area contributed by atoms with Crippen LogP contribution in [-0.4, -0.2) is 67.9 Å². The molecule has 0 spiro atoms. The van der Waals surface area contributed by atoms with Crippen LogP contribution in [0.1, 0.15) is 42.5 Å². The number of unbranched alkanes of at least 4 members (excludes halogenated alkanes) is 2. The van der Waals surface area contributed by atoms with Gasteiger partial charge in [-0.3, -0.25) is 9.59 Å². The smallest absolute Gasteiger partial charge is 0.303 e. The van der Waals surface area contributed by atoms with Gasteiger partial charge in [0.15, 0.2) is 0 Å². The lowest BCUT2D eigenvalue weighted by atomic mass is 10.00. The van der Waals surface area contributed by atoms with Crippen LogP contribution < -0.4 is 15.8 Å². The number of piperidine rings is 1. The Morgan fingerprint density at radius 3 is 2.72 bits per heavy atom. The highest BCUT2D eigenvalue weighted by Gasteiger charge is 2.31. The van der Waals surface area contributed by atoms with Crippen LogP contribution in [0.2, 0.25) is 5.02 Å². The number of amides is 1. The molecular weight excluding hydrogens is 398 g/mol. The molecule has 1 heterocycles. The van der Waals surface area contributed by atoms with Crippen molar-refractivity contribution < 1.29 is 24.2 Å². The third kappa shape index (κ3) is 6.76. The predicted molar refractivity (Wildman–Crippen MR) is 112 cm³/mol. The van der Waals surface area contributed by atoms with E-state index < -0.39 is 5.97 Å². The van der Waals surface area contributed by atoms with Crippen molar-refractivity contribution >= 4 is 29.2 Å². The van der Waals surface area contributed by atoms with Crippen LogP contribution in [-0.2, 0) is 9.53 Å². The molecular formula is C20H30ClN3O5. The molecule has 162 valence electrons. The molecule has 29 heavy (non-hydrogen) atoms. The number of nitrogen functional groups attached to an aromatic ring is 1. The summed E-state index contributed by atoms with van der Waals surface area (Å²) in [4.78, 5) is 25.7. The van der Waals surface area contributed by atoms with Gasteiger partial charge in [0.2, 0.25) is 0 Å². The Bertz CT molecular complexity index is 716. The molecule has 0 aliphatic carbocycles. The summed E-state index contributed by atoms with van der Waals surface area (Å²) < 4.78 is 10.9. The van der Waals surface area contributed by atoms with Gasteiger partial charge in [-0.2, -0.15) is 0 Å². The topological polar surface area (TPSA) is 114 Å². The molecule has 1 fully saturated rings. The minimum Gasteiger partial charge on any atom is -0.496 e. The van der Waals surface area contributed by atoms with Crippen molar-refractivity contribution in [1.82, 2.24) is 10.2 Å². The fraction of sp³-hybridized carbons (Fsp3) is 0.600. The van der Waals surface area contributed by atoms with Crippen molar-refractivity contribution in [3.05, 3.63) is 22.7 Å². The SMILES string of the molecule is COc1cc(N)cc(Cl)c1C(=O)N[C@@H]1CCN(CCCCCC(=O)O)C[C@@H]1OC. The van der Waals surface area contributed by atoms with Crippen molar-refractivity contribution in [2.45, 2.75) is 44.2 Å². The number of likely N-dealkylation sites (tertiary alicyclic amines) is 1. The molecule has 4 N–H and O–H groups in total. The lowest BCUT2D eigenvalue weighted by Gasteiger charge is -2.38. The van der Waals surface area contributed by atoms with Crippen molar-refractivity contribution in [2.75, 3.05) is 39.6 Å². The molecule has 1 saturated heterocycles. The standard InChI is InChI=1S/C20H30ClN3O5/c1-28-16-11-13(22)10-14(21)19(16)20(27)23-15-7-9-24(12-17(15)29-2)8-5-3-4-6-18(25)26/h10-11,15,17H,3-9,12,22H2,1-2H3,(H,23,27)(H,25,26)/t15-,17+/m1/s1. The van der Waals surface area contributed by atoms with Gasteiger partial charge in [-0.1, -0.05) is 18.0 Å². The highest BCUT2D eigenvalue weighted by molar-refractivity contribution is 6.34. The Kier molecular flexibility index (Phi) is 9.00. The average Bonchev–Trinajstić information content (AvgIpc) is 2.67. The number of carboxylic acid groups (broad SMARTS) is 1. The van der Waals surface area contributed by atoms with Crippen LogP contribution in [0.15, 0.2) is 12.1 Å². The normalized spacial score (nSPS) is 19.7. The summed E-state index contributed by atoms with van der Waals surface area (Å²) in [6.45, 7) is 2.42. The minimum atomic E-state index is -0.751. The number of aliphatic carboxylic acids is 1. The fourth-order valence-corrected chi connectivity index (χ4v) is 3.90. The van der Waals surface area contributed by atoms with E-state index in [4.69, 9.17) is 31.9 Å². The molecule has 0 unspecified atom stereocenters. The van der Waals surface area contributed by atoms with Crippen LogP contribution in [0.25, 0.3) is 0 Å². The quantitative estimate of drug-likeness (QED) is 0.388. The van der Waals surface area contributed by atoms with Crippen molar-refractivity contribution in [3.8, 4) is 5.75 Å². The Morgan fingerprint density at radius 2 is 2.07 bits per heavy atom. The summed E-state index contributed by atoms with van der Waals surface area (Å²) in [6, 6.07) is 2.95. The lowest BCUT2D eigenvalue weighted by molar-refractivity contribution is -0.137. The third-order valence-electron chi connectivity index (χ3n) is 5.15. The zero-order valence-corrected chi connectivity index (χ0v) is 17.7.